The molecule has 5 nitrogen and oxygen atoms in total. The second-order valence-electron chi connectivity index (χ2n) is 4.12. The molecule has 0 fully saturated rings. The van der Waals surface area contributed by atoms with Crippen LogP contribution in [0.15, 0.2) is 47.1 Å². The molecule has 1 aromatic carbocycles. The van der Waals surface area contributed by atoms with Gasteiger partial charge in [-0.15, -0.1) is 0 Å². The minimum absolute atomic E-state index is 0.361. The minimum Gasteiger partial charge on any atom is -0.478 e. The molecule has 0 atom stereocenters. The highest BCUT2D eigenvalue weighted by molar-refractivity contribution is 5.94. The molecular weight excluding hydrogens is 246 g/mol. The summed E-state index contributed by atoms with van der Waals surface area (Å²) >= 11 is 0. The number of likely N-dealkylation sites (N-methyl/N-ethyl adjacent to an activating group) is 1. The van der Waals surface area contributed by atoms with Crippen molar-refractivity contribution < 1.29 is 19.1 Å². The second kappa shape index (κ2) is 5.39. The summed E-state index contributed by atoms with van der Waals surface area (Å²) in [5.41, 5.74) is 1.65. The van der Waals surface area contributed by atoms with Gasteiger partial charge in [-0.2, -0.15) is 0 Å². The van der Waals surface area contributed by atoms with Crippen molar-refractivity contribution in [1.82, 2.24) is 4.90 Å². The van der Waals surface area contributed by atoms with Crippen LogP contribution < -0.4 is 0 Å². The summed E-state index contributed by atoms with van der Waals surface area (Å²) in [5, 5.41) is 9.42. The molecule has 1 amide bonds. The summed E-state index contributed by atoms with van der Waals surface area (Å²) < 4.78 is 5.38. The van der Waals surface area contributed by atoms with Crippen LogP contribution in [0.25, 0.3) is 11.0 Å². The van der Waals surface area contributed by atoms with E-state index in [-0.39, 0.29) is 5.91 Å². The van der Waals surface area contributed by atoms with Gasteiger partial charge in [-0.1, -0.05) is 18.2 Å². The normalized spacial score (nSPS) is 11.0. The molecule has 98 valence electrons. The fourth-order valence-electron chi connectivity index (χ4n) is 1.76. The van der Waals surface area contributed by atoms with Crippen LogP contribution in [-0.2, 0) is 16.1 Å². The third-order valence-electron chi connectivity index (χ3n) is 2.71. The van der Waals surface area contributed by atoms with Gasteiger partial charge in [0.2, 0.25) is 5.91 Å². The summed E-state index contributed by atoms with van der Waals surface area (Å²) in [7, 11) is 1.61. The van der Waals surface area contributed by atoms with Gasteiger partial charge < -0.3 is 14.4 Å². The third-order valence-corrected chi connectivity index (χ3v) is 2.71. The predicted octanol–water partition coefficient (Wildman–Crippen LogP) is 2.03. The lowest BCUT2D eigenvalue weighted by atomic mass is 10.1. The van der Waals surface area contributed by atoms with Gasteiger partial charge in [0, 0.05) is 36.7 Å². The molecule has 0 radical (unpaired) electrons. The molecule has 0 aliphatic rings. The van der Waals surface area contributed by atoms with Crippen LogP contribution >= 0.6 is 0 Å². The van der Waals surface area contributed by atoms with Gasteiger partial charge >= 0.3 is 5.97 Å². The van der Waals surface area contributed by atoms with E-state index in [1.807, 2.05) is 24.3 Å². The van der Waals surface area contributed by atoms with E-state index in [0.717, 1.165) is 28.7 Å². The summed E-state index contributed by atoms with van der Waals surface area (Å²) in [5.74, 6) is -1.51. The van der Waals surface area contributed by atoms with E-state index in [0.29, 0.717) is 6.54 Å². The number of benzene rings is 1. The first-order valence-electron chi connectivity index (χ1n) is 5.69. The van der Waals surface area contributed by atoms with Crippen molar-refractivity contribution in [3.05, 3.63) is 48.2 Å². The Bertz CT molecular complexity index is 642. The summed E-state index contributed by atoms with van der Waals surface area (Å²) in [6.07, 6.45) is 3.46. The number of carboxylic acids is 1. The van der Waals surface area contributed by atoms with Gasteiger partial charge in [-0.25, -0.2) is 4.79 Å². The lowest BCUT2D eigenvalue weighted by Crippen LogP contribution is -2.24. The van der Waals surface area contributed by atoms with E-state index in [4.69, 9.17) is 9.52 Å². The van der Waals surface area contributed by atoms with Gasteiger partial charge in [-0.05, 0) is 6.07 Å². The van der Waals surface area contributed by atoms with Crippen LogP contribution in [0, 0.1) is 0 Å². The fraction of sp³-hybridized carbons (Fsp3) is 0.143. The molecule has 1 heterocycles. The Kier molecular flexibility index (Phi) is 3.66. The van der Waals surface area contributed by atoms with Gasteiger partial charge in [0.05, 0.1) is 6.26 Å². The molecule has 5 heteroatoms. The van der Waals surface area contributed by atoms with E-state index in [2.05, 4.69) is 0 Å². The molecule has 2 rings (SSSR count). The van der Waals surface area contributed by atoms with Crippen LogP contribution in [0.2, 0.25) is 0 Å². The van der Waals surface area contributed by atoms with E-state index in [9.17, 15) is 9.59 Å². The number of carbonyl (C=O) groups excluding carboxylic acids is 1. The monoisotopic (exact) mass is 259 g/mol. The van der Waals surface area contributed by atoms with Crippen molar-refractivity contribution in [2.75, 3.05) is 7.05 Å². The number of nitrogens with zero attached hydrogens (tertiary/aromatic N) is 1. The highest BCUT2D eigenvalue weighted by atomic mass is 16.4. The maximum atomic E-state index is 11.7. The zero-order chi connectivity index (χ0) is 13.8. The van der Waals surface area contributed by atoms with Gasteiger partial charge in [0.25, 0.3) is 0 Å². The smallest absolute Gasteiger partial charge is 0.328 e. The number of hydrogen-bond donors (Lipinski definition) is 1. The second-order valence-corrected chi connectivity index (χ2v) is 4.12. The van der Waals surface area contributed by atoms with Crippen molar-refractivity contribution in [1.29, 1.82) is 0 Å². The van der Waals surface area contributed by atoms with Crippen molar-refractivity contribution in [3.8, 4) is 0 Å². The first-order chi connectivity index (χ1) is 9.08. The Hall–Kier alpha value is -2.56. The Labute approximate surface area is 109 Å². The van der Waals surface area contributed by atoms with Crippen LogP contribution in [0.4, 0.5) is 0 Å². The Morgan fingerprint density at radius 3 is 2.79 bits per heavy atom. The maximum Gasteiger partial charge on any atom is 0.328 e. The summed E-state index contributed by atoms with van der Waals surface area (Å²) in [6.45, 7) is 0.361. The van der Waals surface area contributed by atoms with E-state index >= 15 is 0 Å². The number of furan rings is 1. The van der Waals surface area contributed by atoms with Crippen LogP contribution in [0.1, 0.15) is 5.56 Å². The Morgan fingerprint density at radius 2 is 2.05 bits per heavy atom. The number of fused-ring (bicyclic) bond motifs is 1. The topological polar surface area (TPSA) is 70.8 Å². The standard InChI is InChI=1S/C14H13NO4/c1-15(13(16)6-7-14(17)18)8-10-9-19-12-5-3-2-4-11(10)12/h2-7,9H,8H2,1H3,(H,17,18)/b7-6+. The molecule has 0 saturated carbocycles. The fourth-order valence-corrected chi connectivity index (χ4v) is 1.76. The molecule has 0 aliphatic heterocycles. The number of amides is 1. The molecular formula is C14H13NO4. The number of aliphatic carboxylic acids is 1. The zero-order valence-electron chi connectivity index (χ0n) is 10.4. The summed E-state index contributed by atoms with van der Waals surface area (Å²) in [6, 6.07) is 7.54. The quantitative estimate of drug-likeness (QED) is 0.853. The van der Waals surface area contributed by atoms with Crippen LogP contribution in [0.3, 0.4) is 0 Å². The molecule has 1 aromatic heterocycles. The van der Waals surface area contributed by atoms with E-state index in [1.165, 1.54) is 4.90 Å². The van der Waals surface area contributed by atoms with Crippen molar-refractivity contribution in [2.45, 2.75) is 6.54 Å². The third kappa shape index (κ3) is 3.01. The van der Waals surface area contributed by atoms with E-state index < -0.39 is 5.97 Å². The number of carbonyl (C=O) groups is 2. The van der Waals surface area contributed by atoms with Gasteiger partial charge in [0.15, 0.2) is 0 Å². The molecule has 0 bridgehead atoms. The summed E-state index contributed by atoms with van der Waals surface area (Å²) in [4.78, 5) is 23.4. The van der Waals surface area contributed by atoms with Gasteiger partial charge in [-0.3, -0.25) is 4.79 Å². The van der Waals surface area contributed by atoms with Crippen molar-refractivity contribution in [3.63, 3.8) is 0 Å². The first kappa shape index (κ1) is 12.9. The number of para-hydroxylation sites is 1. The highest BCUT2D eigenvalue weighted by Gasteiger charge is 2.10. The molecule has 1 N–H and O–H groups in total. The maximum absolute atomic E-state index is 11.7. The lowest BCUT2D eigenvalue weighted by molar-refractivity contribution is -0.132. The highest BCUT2D eigenvalue weighted by Crippen LogP contribution is 2.21. The number of hydrogen-bond acceptors (Lipinski definition) is 3. The number of rotatable bonds is 4. The zero-order valence-corrected chi connectivity index (χ0v) is 10.4. The molecule has 0 saturated heterocycles. The molecule has 0 unspecified atom stereocenters. The minimum atomic E-state index is -1.14. The van der Waals surface area contributed by atoms with Crippen LogP contribution in [0.5, 0.6) is 0 Å². The average Bonchev–Trinajstić information content (AvgIpc) is 2.79. The number of carboxylic acid groups (broad SMARTS) is 1. The average molecular weight is 259 g/mol. The van der Waals surface area contributed by atoms with Gasteiger partial charge in [0.1, 0.15) is 5.58 Å². The Morgan fingerprint density at radius 1 is 1.32 bits per heavy atom. The van der Waals surface area contributed by atoms with E-state index in [1.54, 1.807) is 13.3 Å². The molecule has 2 aromatic rings. The largest absolute Gasteiger partial charge is 0.478 e. The van der Waals surface area contributed by atoms with Crippen molar-refractivity contribution in [2.24, 2.45) is 0 Å². The van der Waals surface area contributed by atoms with Crippen molar-refractivity contribution >= 4 is 22.8 Å². The molecule has 0 aliphatic carbocycles. The Balaban J connectivity index is 2.12. The first-order valence-corrected chi connectivity index (χ1v) is 5.69. The lowest BCUT2D eigenvalue weighted by Gasteiger charge is -2.13. The predicted molar refractivity (Wildman–Crippen MR) is 69.5 cm³/mol. The molecule has 0 spiro atoms. The van der Waals surface area contributed by atoms with Crippen LogP contribution in [-0.4, -0.2) is 28.9 Å². The molecule has 19 heavy (non-hydrogen) atoms. The SMILES string of the molecule is CN(Cc1coc2ccccc12)C(=O)/C=C/C(=O)O.